The molecule has 1 heterocycles. The monoisotopic (exact) mass is 343 g/mol. The van der Waals surface area contributed by atoms with E-state index >= 15 is 0 Å². The van der Waals surface area contributed by atoms with Crippen LogP contribution in [0.15, 0.2) is 54.6 Å². The van der Waals surface area contributed by atoms with E-state index in [1.54, 1.807) is 23.1 Å². The molecule has 0 aromatic heterocycles. The van der Waals surface area contributed by atoms with E-state index in [1.807, 2.05) is 30.3 Å². The van der Waals surface area contributed by atoms with E-state index in [2.05, 4.69) is 0 Å². The van der Waals surface area contributed by atoms with E-state index in [4.69, 9.17) is 4.74 Å². The molecule has 3 rings (SSSR count). The Morgan fingerprint density at radius 3 is 2.60 bits per heavy atom. The largest absolute Gasteiger partial charge is 0.393 e. The number of benzene rings is 2. The fourth-order valence-electron chi connectivity index (χ4n) is 3.20. The quantitative estimate of drug-likeness (QED) is 0.905. The normalized spacial score (nSPS) is 20.5. The molecule has 0 aliphatic carbocycles. The van der Waals surface area contributed by atoms with Crippen LogP contribution in [0.25, 0.3) is 0 Å². The summed E-state index contributed by atoms with van der Waals surface area (Å²) in [6.07, 6.45) is 0.535. The van der Waals surface area contributed by atoms with Gasteiger partial charge in [-0.3, -0.25) is 4.79 Å². The van der Waals surface area contributed by atoms with Crippen molar-refractivity contribution in [3.05, 3.63) is 71.5 Å². The van der Waals surface area contributed by atoms with E-state index in [9.17, 15) is 14.3 Å². The van der Waals surface area contributed by atoms with Gasteiger partial charge in [-0.25, -0.2) is 4.39 Å². The Morgan fingerprint density at radius 2 is 1.88 bits per heavy atom. The number of carbonyl (C=O) groups is 1. The Hall–Kier alpha value is -2.24. The smallest absolute Gasteiger partial charge is 0.227 e. The third kappa shape index (κ3) is 4.24. The average molecular weight is 343 g/mol. The van der Waals surface area contributed by atoms with Crippen LogP contribution in [0, 0.1) is 5.82 Å². The van der Waals surface area contributed by atoms with Gasteiger partial charge in [0.25, 0.3) is 0 Å². The summed E-state index contributed by atoms with van der Waals surface area (Å²) in [5.41, 5.74) is 0.612. The summed E-state index contributed by atoms with van der Waals surface area (Å²) in [6, 6.07) is 16.1. The van der Waals surface area contributed by atoms with E-state index in [1.165, 1.54) is 6.07 Å². The van der Waals surface area contributed by atoms with Crippen LogP contribution in [-0.4, -0.2) is 47.8 Å². The molecule has 1 atom stereocenters. The van der Waals surface area contributed by atoms with Crippen LogP contribution in [0.1, 0.15) is 11.1 Å². The third-order valence-corrected chi connectivity index (χ3v) is 4.56. The van der Waals surface area contributed by atoms with Crippen molar-refractivity contribution in [3.8, 4) is 0 Å². The molecule has 2 aromatic carbocycles. The van der Waals surface area contributed by atoms with Crippen molar-refractivity contribution in [2.45, 2.75) is 18.4 Å². The van der Waals surface area contributed by atoms with Gasteiger partial charge in [0.1, 0.15) is 11.4 Å². The molecule has 0 bridgehead atoms. The Bertz CT molecular complexity index is 722. The number of morpholine rings is 1. The molecule has 2 aromatic rings. The number of hydrogen-bond acceptors (Lipinski definition) is 3. The molecule has 4 nitrogen and oxygen atoms in total. The van der Waals surface area contributed by atoms with Crippen molar-refractivity contribution < 1.29 is 19.0 Å². The number of aliphatic hydroxyl groups excluding tert-OH is 1. The number of nitrogens with zero attached hydrogens (tertiary/aromatic N) is 1. The van der Waals surface area contributed by atoms with E-state index < -0.39 is 5.60 Å². The van der Waals surface area contributed by atoms with Crippen molar-refractivity contribution in [2.75, 3.05) is 26.3 Å². The minimum atomic E-state index is -0.815. The highest BCUT2D eigenvalue weighted by Gasteiger charge is 2.38. The summed E-state index contributed by atoms with van der Waals surface area (Å²) >= 11 is 0. The first-order valence-corrected chi connectivity index (χ1v) is 8.42. The van der Waals surface area contributed by atoms with Crippen LogP contribution >= 0.6 is 0 Å². The molecule has 1 saturated heterocycles. The molecule has 1 amide bonds. The molecule has 25 heavy (non-hydrogen) atoms. The first-order chi connectivity index (χ1) is 12.1. The predicted molar refractivity (Wildman–Crippen MR) is 92.6 cm³/mol. The lowest BCUT2D eigenvalue weighted by Gasteiger charge is -2.42. The maximum atomic E-state index is 13.8. The molecule has 0 unspecified atom stereocenters. The summed E-state index contributed by atoms with van der Waals surface area (Å²) in [4.78, 5) is 14.3. The number of ether oxygens (including phenoxy) is 1. The molecule has 5 heteroatoms. The highest BCUT2D eigenvalue weighted by atomic mass is 19.1. The molecular formula is C20H22FNO3. The van der Waals surface area contributed by atoms with Gasteiger partial charge in [0, 0.05) is 13.0 Å². The van der Waals surface area contributed by atoms with Gasteiger partial charge in [0.05, 0.1) is 26.2 Å². The highest BCUT2D eigenvalue weighted by molar-refractivity contribution is 5.79. The van der Waals surface area contributed by atoms with E-state index in [0.717, 1.165) is 5.56 Å². The molecular weight excluding hydrogens is 321 g/mol. The number of aliphatic hydroxyl groups is 1. The second-order valence-corrected chi connectivity index (χ2v) is 6.44. The van der Waals surface area contributed by atoms with Crippen LogP contribution in [0.3, 0.4) is 0 Å². The second kappa shape index (κ2) is 7.76. The topological polar surface area (TPSA) is 49.8 Å². The van der Waals surface area contributed by atoms with Crippen molar-refractivity contribution >= 4 is 5.91 Å². The Balaban J connectivity index is 1.70. The lowest BCUT2D eigenvalue weighted by atomic mass is 9.93. The van der Waals surface area contributed by atoms with Gasteiger partial charge in [0.15, 0.2) is 0 Å². The summed E-state index contributed by atoms with van der Waals surface area (Å²) < 4.78 is 19.6. The zero-order valence-electron chi connectivity index (χ0n) is 14.0. The Kier molecular flexibility index (Phi) is 5.46. The first kappa shape index (κ1) is 17.6. The molecule has 0 radical (unpaired) electrons. The van der Waals surface area contributed by atoms with Gasteiger partial charge in [0.2, 0.25) is 5.91 Å². The molecule has 1 aliphatic heterocycles. The maximum Gasteiger partial charge on any atom is 0.227 e. The Labute approximate surface area is 146 Å². The molecule has 1 fully saturated rings. The van der Waals surface area contributed by atoms with Crippen LogP contribution in [0.2, 0.25) is 0 Å². The van der Waals surface area contributed by atoms with Gasteiger partial charge in [-0.15, -0.1) is 0 Å². The summed E-state index contributed by atoms with van der Waals surface area (Å²) in [5.74, 6) is -0.527. The molecule has 132 valence electrons. The lowest BCUT2D eigenvalue weighted by molar-refractivity contribution is -0.157. The van der Waals surface area contributed by atoms with Crippen molar-refractivity contribution in [1.82, 2.24) is 4.90 Å². The van der Waals surface area contributed by atoms with E-state index in [-0.39, 0.29) is 24.8 Å². The Morgan fingerprint density at radius 1 is 1.16 bits per heavy atom. The van der Waals surface area contributed by atoms with Crippen LogP contribution < -0.4 is 0 Å². The van der Waals surface area contributed by atoms with Gasteiger partial charge in [-0.1, -0.05) is 48.5 Å². The second-order valence-electron chi connectivity index (χ2n) is 6.44. The first-order valence-electron chi connectivity index (χ1n) is 8.42. The summed E-state index contributed by atoms with van der Waals surface area (Å²) in [7, 11) is 0. The standard InChI is InChI=1S/C20H22FNO3/c21-18-9-5-4-8-17(18)12-19(24)22-10-11-25-20(14-22,15-23)13-16-6-2-1-3-7-16/h1-9,23H,10-15H2/t20-/m1/s1. The molecule has 0 saturated carbocycles. The SMILES string of the molecule is O=C(Cc1ccccc1F)N1CCO[C@](CO)(Cc2ccccc2)C1. The lowest BCUT2D eigenvalue weighted by Crippen LogP contribution is -2.57. The fourth-order valence-corrected chi connectivity index (χ4v) is 3.20. The molecule has 0 spiro atoms. The number of amides is 1. The van der Waals surface area contributed by atoms with E-state index in [0.29, 0.717) is 31.7 Å². The van der Waals surface area contributed by atoms with Crippen molar-refractivity contribution in [1.29, 1.82) is 0 Å². The summed E-state index contributed by atoms with van der Waals surface area (Å²) in [6.45, 7) is 0.928. The number of hydrogen-bond donors (Lipinski definition) is 1. The zero-order valence-corrected chi connectivity index (χ0v) is 14.0. The van der Waals surface area contributed by atoms with Gasteiger partial charge in [-0.05, 0) is 17.2 Å². The summed E-state index contributed by atoms with van der Waals surface area (Å²) in [5, 5.41) is 9.91. The maximum absolute atomic E-state index is 13.8. The van der Waals surface area contributed by atoms with Crippen molar-refractivity contribution in [3.63, 3.8) is 0 Å². The van der Waals surface area contributed by atoms with Crippen LogP contribution in [-0.2, 0) is 22.4 Å². The number of halogens is 1. The number of rotatable bonds is 5. The number of carbonyl (C=O) groups excluding carboxylic acids is 1. The minimum Gasteiger partial charge on any atom is -0.393 e. The third-order valence-electron chi connectivity index (χ3n) is 4.56. The van der Waals surface area contributed by atoms with Crippen molar-refractivity contribution in [2.24, 2.45) is 0 Å². The predicted octanol–water partition coefficient (Wildman–Crippen LogP) is 2.20. The molecule has 1 aliphatic rings. The average Bonchev–Trinajstić information content (AvgIpc) is 2.64. The van der Waals surface area contributed by atoms with Crippen LogP contribution in [0.4, 0.5) is 4.39 Å². The highest BCUT2D eigenvalue weighted by Crippen LogP contribution is 2.24. The zero-order chi connectivity index (χ0) is 17.7. The van der Waals surface area contributed by atoms with Crippen LogP contribution in [0.5, 0.6) is 0 Å². The van der Waals surface area contributed by atoms with Gasteiger partial charge in [-0.2, -0.15) is 0 Å². The minimum absolute atomic E-state index is 0.0134. The van der Waals surface area contributed by atoms with Gasteiger partial charge < -0.3 is 14.7 Å². The fraction of sp³-hybridized carbons (Fsp3) is 0.350. The van der Waals surface area contributed by atoms with Gasteiger partial charge >= 0.3 is 0 Å². The molecule has 1 N–H and O–H groups in total.